The van der Waals surface area contributed by atoms with Crippen molar-refractivity contribution in [1.82, 2.24) is 14.5 Å². The number of aryl methyl sites for hydroxylation is 1. The summed E-state index contributed by atoms with van der Waals surface area (Å²) in [7, 11) is 2.01. The van der Waals surface area contributed by atoms with Crippen LogP contribution in [0.3, 0.4) is 0 Å². The standard InChI is InChI=1S/C13H19N5/c1-9(14)10-4-6-18(7-10)13-12-11(3-5-15-13)17(2)8-16-12/h3,5,8-10H,4,6-7,14H2,1-2H3. The highest BCUT2D eigenvalue weighted by molar-refractivity contribution is 5.86. The lowest BCUT2D eigenvalue weighted by atomic mass is 10.0. The quantitative estimate of drug-likeness (QED) is 0.862. The predicted molar refractivity (Wildman–Crippen MR) is 72.5 cm³/mol. The summed E-state index contributed by atoms with van der Waals surface area (Å²) in [5.74, 6) is 1.56. The summed E-state index contributed by atoms with van der Waals surface area (Å²) in [6.07, 6.45) is 4.84. The van der Waals surface area contributed by atoms with Gasteiger partial charge in [0.2, 0.25) is 0 Å². The van der Waals surface area contributed by atoms with Crippen molar-refractivity contribution in [2.75, 3.05) is 18.0 Å². The molecule has 1 aliphatic rings. The minimum Gasteiger partial charge on any atom is -0.354 e. The molecule has 3 rings (SSSR count). The van der Waals surface area contributed by atoms with E-state index in [1.54, 1.807) is 0 Å². The van der Waals surface area contributed by atoms with Crippen LogP contribution in [-0.4, -0.2) is 33.7 Å². The van der Waals surface area contributed by atoms with Crippen molar-refractivity contribution in [3.63, 3.8) is 0 Å². The van der Waals surface area contributed by atoms with Gasteiger partial charge in [-0.1, -0.05) is 0 Å². The van der Waals surface area contributed by atoms with Gasteiger partial charge in [-0.3, -0.25) is 0 Å². The van der Waals surface area contributed by atoms with E-state index < -0.39 is 0 Å². The molecule has 2 atom stereocenters. The molecule has 1 fully saturated rings. The van der Waals surface area contributed by atoms with E-state index in [0.29, 0.717) is 5.92 Å². The maximum Gasteiger partial charge on any atom is 0.156 e. The van der Waals surface area contributed by atoms with Gasteiger partial charge in [-0.25, -0.2) is 9.97 Å². The van der Waals surface area contributed by atoms with Gasteiger partial charge in [0.1, 0.15) is 5.52 Å². The Hall–Kier alpha value is -1.62. The molecule has 2 N–H and O–H groups in total. The average Bonchev–Trinajstić information content (AvgIpc) is 2.97. The molecule has 1 aliphatic heterocycles. The SMILES string of the molecule is CC(N)C1CCN(c2nccc3c2ncn3C)C1. The molecule has 1 saturated heterocycles. The molecule has 2 unspecified atom stereocenters. The maximum atomic E-state index is 5.99. The summed E-state index contributed by atoms with van der Waals surface area (Å²) in [6.45, 7) is 4.10. The Bertz CT molecular complexity index is 560. The van der Waals surface area contributed by atoms with Gasteiger partial charge in [0, 0.05) is 32.4 Å². The zero-order valence-electron chi connectivity index (χ0n) is 10.9. The molecule has 2 aromatic heterocycles. The number of hydrogen-bond donors (Lipinski definition) is 1. The zero-order valence-corrected chi connectivity index (χ0v) is 10.9. The number of imidazole rings is 1. The van der Waals surface area contributed by atoms with E-state index in [1.807, 2.05) is 30.2 Å². The van der Waals surface area contributed by atoms with Crippen molar-refractivity contribution in [1.29, 1.82) is 0 Å². The first-order valence-corrected chi connectivity index (χ1v) is 6.43. The fourth-order valence-corrected chi connectivity index (χ4v) is 2.69. The average molecular weight is 245 g/mol. The Kier molecular flexibility index (Phi) is 2.70. The summed E-state index contributed by atoms with van der Waals surface area (Å²) in [5, 5.41) is 0. The van der Waals surface area contributed by atoms with Gasteiger partial charge >= 0.3 is 0 Å². The first kappa shape index (κ1) is 11.5. The minimum absolute atomic E-state index is 0.248. The van der Waals surface area contributed by atoms with E-state index in [-0.39, 0.29) is 6.04 Å². The van der Waals surface area contributed by atoms with Crippen molar-refractivity contribution in [3.8, 4) is 0 Å². The molecule has 0 radical (unpaired) electrons. The minimum atomic E-state index is 0.248. The van der Waals surface area contributed by atoms with Crippen LogP contribution in [0.2, 0.25) is 0 Å². The van der Waals surface area contributed by atoms with Crippen molar-refractivity contribution in [2.45, 2.75) is 19.4 Å². The van der Waals surface area contributed by atoms with Crippen LogP contribution in [0.4, 0.5) is 5.82 Å². The van der Waals surface area contributed by atoms with Crippen LogP contribution in [-0.2, 0) is 7.05 Å². The highest BCUT2D eigenvalue weighted by Crippen LogP contribution is 2.28. The highest BCUT2D eigenvalue weighted by atomic mass is 15.2. The molecule has 96 valence electrons. The number of hydrogen-bond acceptors (Lipinski definition) is 4. The molecule has 2 aromatic rings. The number of pyridine rings is 1. The number of rotatable bonds is 2. The summed E-state index contributed by atoms with van der Waals surface area (Å²) in [4.78, 5) is 11.3. The topological polar surface area (TPSA) is 60.0 Å². The van der Waals surface area contributed by atoms with E-state index >= 15 is 0 Å². The molecule has 0 amide bonds. The summed E-state index contributed by atoms with van der Waals surface area (Å²) >= 11 is 0. The molecule has 3 heterocycles. The van der Waals surface area contributed by atoms with Crippen LogP contribution in [0.1, 0.15) is 13.3 Å². The fraction of sp³-hybridized carbons (Fsp3) is 0.538. The summed E-state index contributed by atoms with van der Waals surface area (Å²) < 4.78 is 2.03. The van der Waals surface area contributed by atoms with Gasteiger partial charge in [-0.05, 0) is 25.3 Å². The van der Waals surface area contributed by atoms with Crippen molar-refractivity contribution >= 4 is 16.9 Å². The molecule has 0 bridgehead atoms. The molecule has 0 spiro atoms. The number of nitrogens with two attached hydrogens (primary N) is 1. The van der Waals surface area contributed by atoms with Gasteiger partial charge in [0.15, 0.2) is 5.82 Å². The number of aromatic nitrogens is 3. The third-order valence-corrected chi connectivity index (χ3v) is 3.89. The van der Waals surface area contributed by atoms with E-state index in [1.165, 1.54) is 0 Å². The van der Waals surface area contributed by atoms with Gasteiger partial charge in [-0.2, -0.15) is 0 Å². The van der Waals surface area contributed by atoms with Crippen molar-refractivity contribution in [2.24, 2.45) is 18.7 Å². The Morgan fingerprint density at radius 2 is 2.28 bits per heavy atom. The third kappa shape index (κ3) is 1.75. The normalized spacial score (nSPS) is 21.7. The highest BCUT2D eigenvalue weighted by Gasteiger charge is 2.27. The fourth-order valence-electron chi connectivity index (χ4n) is 2.69. The molecule has 0 saturated carbocycles. The van der Waals surface area contributed by atoms with Gasteiger partial charge in [0.05, 0.1) is 11.8 Å². The Labute approximate surface area is 107 Å². The molecule has 5 nitrogen and oxygen atoms in total. The van der Waals surface area contributed by atoms with E-state index in [0.717, 1.165) is 36.4 Å². The van der Waals surface area contributed by atoms with Crippen LogP contribution in [0.5, 0.6) is 0 Å². The van der Waals surface area contributed by atoms with Gasteiger partial charge < -0.3 is 15.2 Å². The van der Waals surface area contributed by atoms with E-state index in [2.05, 4.69) is 21.8 Å². The van der Waals surface area contributed by atoms with Crippen LogP contribution in [0, 0.1) is 5.92 Å². The van der Waals surface area contributed by atoms with Gasteiger partial charge in [0.25, 0.3) is 0 Å². The van der Waals surface area contributed by atoms with Crippen molar-refractivity contribution in [3.05, 3.63) is 18.6 Å². The second-order valence-electron chi connectivity index (χ2n) is 5.21. The molecule has 0 aromatic carbocycles. The second kappa shape index (κ2) is 4.24. The van der Waals surface area contributed by atoms with Crippen LogP contribution < -0.4 is 10.6 Å². The smallest absolute Gasteiger partial charge is 0.156 e. The van der Waals surface area contributed by atoms with E-state index in [9.17, 15) is 0 Å². The lowest BCUT2D eigenvalue weighted by Gasteiger charge is -2.19. The third-order valence-electron chi connectivity index (χ3n) is 3.89. The van der Waals surface area contributed by atoms with E-state index in [4.69, 9.17) is 5.73 Å². The lowest BCUT2D eigenvalue weighted by Crippen LogP contribution is -2.30. The Morgan fingerprint density at radius 1 is 1.44 bits per heavy atom. The monoisotopic (exact) mass is 245 g/mol. The lowest BCUT2D eigenvalue weighted by molar-refractivity contribution is 0.488. The number of nitrogens with zero attached hydrogens (tertiary/aromatic N) is 4. The number of anilines is 1. The number of fused-ring (bicyclic) bond motifs is 1. The summed E-state index contributed by atoms with van der Waals surface area (Å²) in [6, 6.07) is 2.25. The van der Waals surface area contributed by atoms with Crippen LogP contribution in [0.15, 0.2) is 18.6 Å². The predicted octanol–water partition coefficient (Wildman–Crippen LogP) is 1.14. The first-order chi connectivity index (χ1) is 8.66. The summed E-state index contributed by atoms with van der Waals surface area (Å²) in [5.41, 5.74) is 8.11. The van der Waals surface area contributed by atoms with Crippen molar-refractivity contribution < 1.29 is 0 Å². The van der Waals surface area contributed by atoms with Gasteiger partial charge in [-0.15, -0.1) is 0 Å². The Morgan fingerprint density at radius 3 is 3.00 bits per heavy atom. The Balaban J connectivity index is 1.96. The molecular weight excluding hydrogens is 226 g/mol. The largest absolute Gasteiger partial charge is 0.354 e. The second-order valence-corrected chi connectivity index (χ2v) is 5.21. The molecule has 0 aliphatic carbocycles. The molecule has 5 heteroatoms. The molecular formula is C13H19N5. The first-order valence-electron chi connectivity index (χ1n) is 6.43. The van der Waals surface area contributed by atoms with Crippen LogP contribution >= 0.6 is 0 Å². The van der Waals surface area contributed by atoms with Crippen LogP contribution in [0.25, 0.3) is 11.0 Å². The molecule has 18 heavy (non-hydrogen) atoms. The zero-order chi connectivity index (χ0) is 12.7. The maximum absolute atomic E-state index is 5.99.